The van der Waals surface area contributed by atoms with Gasteiger partial charge in [-0.3, -0.25) is 4.90 Å². The van der Waals surface area contributed by atoms with Gasteiger partial charge in [-0.15, -0.1) is 0 Å². The van der Waals surface area contributed by atoms with Crippen LogP contribution >= 0.6 is 0 Å². The van der Waals surface area contributed by atoms with Gasteiger partial charge in [0.1, 0.15) is 0 Å². The number of nitrogens with one attached hydrogen (secondary N) is 1. The third-order valence-electron chi connectivity index (χ3n) is 4.14. The van der Waals surface area contributed by atoms with Crippen molar-refractivity contribution in [2.45, 2.75) is 51.6 Å². The minimum absolute atomic E-state index is 0.609. The smallest absolute Gasteiger partial charge is 0.0637 e. The number of rotatable bonds is 4. The lowest BCUT2D eigenvalue weighted by atomic mass is 9.94. The van der Waals surface area contributed by atoms with E-state index in [0.717, 1.165) is 25.7 Å². The SMILES string of the molecule is CCCNC1CCOCC1N1CCCC(C)C1. The molecule has 0 aliphatic carbocycles. The summed E-state index contributed by atoms with van der Waals surface area (Å²) in [5.74, 6) is 0.859. The molecule has 100 valence electrons. The van der Waals surface area contributed by atoms with Gasteiger partial charge in [0, 0.05) is 25.2 Å². The standard InChI is InChI=1S/C14H28N2O/c1-3-7-15-13-6-9-17-11-14(13)16-8-4-5-12(2)10-16/h12-15H,3-11H2,1-2H3. The van der Waals surface area contributed by atoms with Crippen LogP contribution in [0.15, 0.2) is 0 Å². The Morgan fingerprint density at radius 1 is 1.35 bits per heavy atom. The zero-order chi connectivity index (χ0) is 12.1. The summed E-state index contributed by atoms with van der Waals surface area (Å²) < 4.78 is 5.70. The highest BCUT2D eigenvalue weighted by molar-refractivity contribution is 4.89. The molecular formula is C14H28N2O. The minimum atomic E-state index is 0.609. The fraction of sp³-hybridized carbons (Fsp3) is 1.00. The number of piperidine rings is 1. The molecule has 2 rings (SSSR count). The van der Waals surface area contributed by atoms with Crippen LogP contribution in [0.4, 0.5) is 0 Å². The van der Waals surface area contributed by atoms with Crippen molar-refractivity contribution in [3.8, 4) is 0 Å². The monoisotopic (exact) mass is 240 g/mol. The first-order valence-electron chi connectivity index (χ1n) is 7.36. The molecule has 2 heterocycles. The highest BCUT2D eigenvalue weighted by Gasteiger charge is 2.32. The third kappa shape index (κ3) is 3.67. The van der Waals surface area contributed by atoms with Crippen LogP contribution in [-0.4, -0.2) is 49.8 Å². The molecule has 0 aromatic carbocycles. The Bertz CT molecular complexity index is 222. The predicted molar refractivity (Wildman–Crippen MR) is 71.3 cm³/mol. The lowest BCUT2D eigenvalue weighted by Crippen LogP contribution is -2.57. The van der Waals surface area contributed by atoms with E-state index in [1.54, 1.807) is 0 Å². The number of likely N-dealkylation sites (tertiary alicyclic amines) is 1. The quantitative estimate of drug-likeness (QED) is 0.812. The molecule has 2 aliphatic rings. The molecule has 17 heavy (non-hydrogen) atoms. The van der Waals surface area contributed by atoms with E-state index < -0.39 is 0 Å². The maximum absolute atomic E-state index is 5.70. The van der Waals surface area contributed by atoms with E-state index in [9.17, 15) is 0 Å². The van der Waals surface area contributed by atoms with Crippen molar-refractivity contribution in [3.63, 3.8) is 0 Å². The van der Waals surface area contributed by atoms with Crippen LogP contribution in [0.3, 0.4) is 0 Å². The molecule has 3 unspecified atom stereocenters. The molecule has 0 bridgehead atoms. The first-order chi connectivity index (χ1) is 8.31. The van der Waals surface area contributed by atoms with Gasteiger partial charge in [-0.05, 0) is 44.7 Å². The molecule has 3 heteroatoms. The van der Waals surface area contributed by atoms with Crippen molar-refractivity contribution in [1.82, 2.24) is 10.2 Å². The Labute approximate surface area is 106 Å². The number of nitrogens with zero attached hydrogens (tertiary/aromatic N) is 1. The number of ether oxygens (including phenoxy) is 1. The molecule has 0 spiro atoms. The van der Waals surface area contributed by atoms with E-state index >= 15 is 0 Å². The van der Waals surface area contributed by atoms with Crippen LogP contribution in [0.2, 0.25) is 0 Å². The molecule has 0 saturated carbocycles. The largest absolute Gasteiger partial charge is 0.380 e. The second-order valence-electron chi connectivity index (χ2n) is 5.73. The van der Waals surface area contributed by atoms with E-state index in [0.29, 0.717) is 12.1 Å². The van der Waals surface area contributed by atoms with Crippen LogP contribution in [0.1, 0.15) is 39.5 Å². The van der Waals surface area contributed by atoms with Gasteiger partial charge in [-0.2, -0.15) is 0 Å². The van der Waals surface area contributed by atoms with Gasteiger partial charge in [0.15, 0.2) is 0 Å². The minimum Gasteiger partial charge on any atom is -0.380 e. The lowest BCUT2D eigenvalue weighted by molar-refractivity contribution is -0.0162. The van der Waals surface area contributed by atoms with Gasteiger partial charge in [0.05, 0.1) is 6.61 Å². The van der Waals surface area contributed by atoms with Crippen molar-refractivity contribution in [2.75, 3.05) is 32.8 Å². The van der Waals surface area contributed by atoms with Crippen molar-refractivity contribution < 1.29 is 4.74 Å². The van der Waals surface area contributed by atoms with Gasteiger partial charge < -0.3 is 10.1 Å². The van der Waals surface area contributed by atoms with Gasteiger partial charge >= 0.3 is 0 Å². The molecule has 0 aromatic heterocycles. The number of hydrogen-bond donors (Lipinski definition) is 1. The first kappa shape index (κ1) is 13.3. The molecule has 3 atom stereocenters. The molecule has 0 aromatic rings. The Hall–Kier alpha value is -0.120. The molecule has 1 N–H and O–H groups in total. The number of hydrogen-bond acceptors (Lipinski definition) is 3. The van der Waals surface area contributed by atoms with E-state index in [1.807, 2.05) is 0 Å². The van der Waals surface area contributed by atoms with Crippen LogP contribution in [0.25, 0.3) is 0 Å². The Kier molecular flexibility index (Phi) is 5.26. The van der Waals surface area contributed by atoms with Gasteiger partial charge in [-0.25, -0.2) is 0 Å². The summed E-state index contributed by atoms with van der Waals surface area (Å²) in [5, 5.41) is 3.71. The van der Waals surface area contributed by atoms with Crippen LogP contribution < -0.4 is 5.32 Å². The lowest BCUT2D eigenvalue weighted by Gasteiger charge is -2.43. The summed E-state index contributed by atoms with van der Waals surface area (Å²) in [4.78, 5) is 2.67. The fourth-order valence-electron chi connectivity index (χ4n) is 3.18. The molecule has 2 aliphatic heterocycles. The summed E-state index contributed by atoms with van der Waals surface area (Å²) in [6.07, 6.45) is 5.16. The molecule has 0 amide bonds. The van der Waals surface area contributed by atoms with E-state index in [1.165, 1.54) is 38.8 Å². The first-order valence-corrected chi connectivity index (χ1v) is 7.36. The van der Waals surface area contributed by atoms with Gasteiger partial charge in [-0.1, -0.05) is 13.8 Å². The van der Waals surface area contributed by atoms with Gasteiger partial charge in [0.2, 0.25) is 0 Å². The van der Waals surface area contributed by atoms with Crippen molar-refractivity contribution in [1.29, 1.82) is 0 Å². The summed E-state index contributed by atoms with van der Waals surface area (Å²) in [7, 11) is 0. The third-order valence-corrected chi connectivity index (χ3v) is 4.14. The maximum atomic E-state index is 5.70. The highest BCUT2D eigenvalue weighted by Crippen LogP contribution is 2.22. The summed E-state index contributed by atoms with van der Waals surface area (Å²) in [5.41, 5.74) is 0. The van der Waals surface area contributed by atoms with E-state index in [2.05, 4.69) is 24.1 Å². The second kappa shape index (κ2) is 6.72. The molecule has 2 fully saturated rings. The average molecular weight is 240 g/mol. The van der Waals surface area contributed by atoms with Crippen molar-refractivity contribution in [2.24, 2.45) is 5.92 Å². The molecular weight excluding hydrogens is 212 g/mol. The Balaban J connectivity index is 1.90. The van der Waals surface area contributed by atoms with E-state index in [-0.39, 0.29) is 0 Å². The summed E-state index contributed by atoms with van der Waals surface area (Å²) in [6.45, 7) is 10.1. The molecule has 3 nitrogen and oxygen atoms in total. The fourth-order valence-corrected chi connectivity index (χ4v) is 3.18. The summed E-state index contributed by atoms with van der Waals surface area (Å²) >= 11 is 0. The topological polar surface area (TPSA) is 24.5 Å². The maximum Gasteiger partial charge on any atom is 0.0637 e. The van der Waals surface area contributed by atoms with Crippen molar-refractivity contribution in [3.05, 3.63) is 0 Å². The highest BCUT2D eigenvalue weighted by atomic mass is 16.5. The molecule has 0 radical (unpaired) electrons. The van der Waals surface area contributed by atoms with Crippen LogP contribution in [-0.2, 0) is 4.74 Å². The zero-order valence-corrected chi connectivity index (χ0v) is 11.5. The average Bonchev–Trinajstić information content (AvgIpc) is 2.37. The Morgan fingerprint density at radius 3 is 3.00 bits per heavy atom. The van der Waals surface area contributed by atoms with E-state index in [4.69, 9.17) is 4.74 Å². The van der Waals surface area contributed by atoms with Gasteiger partial charge in [0.25, 0.3) is 0 Å². The van der Waals surface area contributed by atoms with Crippen molar-refractivity contribution >= 4 is 0 Å². The van der Waals surface area contributed by atoms with Crippen LogP contribution in [0, 0.1) is 5.92 Å². The second-order valence-corrected chi connectivity index (χ2v) is 5.73. The summed E-state index contributed by atoms with van der Waals surface area (Å²) in [6, 6.07) is 1.26. The normalized spacial score (nSPS) is 36.0. The molecule has 2 saturated heterocycles. The zero-order valence-electron chi connectivity index (χ0n) is 11.5. The predicted octanol–water partition coefficient (Wildman–Crippen LogP) is 1.88. The Morgan fingerprint density at radius 2 is 2.24 bits per heavy atom. The van der Waals surface area contributed by atoms with Crippen LogP contribution in [0.5, 0.6) is 0 Å².